The summed E-state index contributed by atoms with van der Waals surface area (Å²) in [7, 11) is -3.10. The van der Waals surface area contributed by atoms with E-state index in [1.165, 1.54) is 0 Å². The molecule has 1 saturated heterocycles. The lowest BCUT2D eigenvalue weighted by Crippen LogP contribution is -2.44. The molecule has 19 heavy (non-hydrogen) atoms. The van der Waals surface area contributed by atoms with E-state index >= 15 is 0 Å². The van der Waals surface area contributed by atoms with Crippen molar-refractivity contribution in [3.8, 4) is 0 Å². The molecule has 1 fully saturated rings. The normalized spacial score (nSPS) is 24.1. The van der Waals surface area contributed by atoms with Crippen LogP contribution in [-0.4, -0.2) is 57.4 Å². The highest BCUT2D eigenvalue weighted by atomic mass is 32.2. The molecule has 7 nitrogen and oxygen atoms in total. The predicted molar refractivity (Wildman–Crippen MR) is 70.2 cm³/mol. The van der Waals surface area contributed by atoms with Crippen LogP contribution in [0.5, 0.6) is 0 Å². The number of carbonyl (C=O) groups excluding carboxylic acids is 1. The molecule has 0 bridgehead atoms. The first-order valence-electron chi connectivity index (χ1n) is 6.12. The molecular weight excluding hydrogens is 272 g/mol. The zero-order valence-corrected chi connectivity index (χ0v) is 12.3. The molecule has 1 rings (SSSR count). The average molecular weight is 294 g/mol. The van der Waals surface area contributed by atoms with Crippen LogP contribution in [0.15, 0.2) is 0 Å². The number of rotatable bonds is 6. The van der Waals surface area contributed by atoms with Crippen LogP contribution < -0.4 is 11.1 Å². The topological polar surface area (TPSA) is 108 Å². The van der Waals surface area contributed by atoms with Crippen LogP contribution >= 0.6 is 0 Å². The maximum absolute atomic E-state index is 11.7. The number of nitrogens with two attached hydrogens (primary N) is 1. The lowest BCUT2D eigenvalue weighted by Gasteiger charge is -2.18. The molecule has 3 N–H and O–H groups in total. The minimum atomic E-state index is -3.10. The van der Waals surface area contributed by atoms with Crippen molar-refractivity contribution in [2.24, 2.45) is 5.73 Å². The third kappa shape index (κ3) is 6.33. The van der Waals surface area contributed by atoms with Gasteiger partial charge in [-0.25, -0.2) is 8.42 Å². The van der Waals surface area contributed by atoms with Crippen molar-refractivity contribution in [2.45, 2.75) is 38.2 Å². The number of carbonyl (C=O) groups is 1. The van der Waals surface area contributed by atoms with Crippen LogP contribution in [0.2, 0.25) is 0 Å². The second-order valence-electron chi connectivity index (χ2n) is 5.22. The van der Waals surface area contributed by atoms with Gasteiger partial charge in [0.15, 0.2) is 5.79 Å². The van der Waals surface area contributed by atoms with Crippen molar-refractivity contribution in [3.05, 3.63) is 0 Å². The minimum absolute atomic E-state index is 0.0995. The summed E-state index contributed by atoms with van der Waals surface area (Å²) < 4.78 is 32.8. The summed E-state index contributed by atoms with van der Waals surface area (Å²) in [5, 5.41) is 2.63. The van der Waals surface area contributed by atoms with Crippen LogP contribution in [0.4, 0.5) is 0 Å². The molecule has 1 aliphatic rings. The van der Waals surface area contributed by atoms with Crippen molar-refractivity contribution in [1.82, 2.24) is 5.32 Å². The Bertz CT molecular complexity index is 421. The fraction of sp³-hybridized carbons (Fsp3) is 0.909. The summed E-state index contributed by atoms with van der Waals surface area (Å²) in [6, 6.07) is -0.829. The molecule has 2 unspecified atom stereocenters. The van der Waals surface area contributed by atoms with Gasteiger partial charge in [-0.1, -0.05) is 0 Å². The molecule has 0 saturated carbocycles. The Labute approximate surface area is 113 Å². The third-order valence-corrected chi connectivity index (χ3v) is 3.68. The van der Waals surface area contributed by atoms with Crippen molar-refractivity contribution in [1.29, 1.82) is 0 Å². The zero-order chi connectivity index (χ0) is 14.7. The Morgan fingerprint density at radius 1 is 1.53 bits per heavy atom. The Morgan fingerprint density at radius 3 is 2.63 bits per heavy atom. The highest BCUT2D eigenvalue weighted by Gasteiger charge is 2.32. The molecule has 112 valence electrons. The average Bonchev–Trinajstić information content (AvgIpc) is 2.61. The summed E-state index contributed by atoms with van der Waals surface area (Å²) in [4.78, 5) is 11.7. The standard InChI is InChI=1S/C11H22N2O5S/c1-11(2)17-7-8(18-11)6-13-10(14)9(12)4-5-19(3,15)16/h8-9H,4-7,12H2,1-3H3,(H,13,14). The van der Waals surface area contributed by atoms with Gasteiger partial charge in [0.05, 0.1) is 18.4 Å². The van der Waals surface area contributed by atoms with Gasteiger partial charge in [0, 0.05) is 12.8 Å². The number of nitrogens with one attached hydrogen (secondary N) is 1. The lowest BCUT2D eigenvalue weighted by atomic mass is 10.2. The summed E-state index contributed by atoms with van der Waals surface area (Å²) in [5.41, 5.74) is 5.61. The van der Waals surface area contributed by atoms with Gasteiger partial charge in [-0.3, -0.25) is 4.79 Å². The van der Waals surface area contributed by atoms with Gasteiger partial charge in [-0.05, 0) is 20.3 Å². The van der Waals surface area contributed by atoms with Gasteiger partial charge in [0.1, 0.15) is 15.9 Å². The summed E-state index contributed by atoms with van der Waals surface area (Å²) in [6.07, 6.45) is 1.02. The van der Waals surface area contributed by atoms with Gasteiger partial charge >= 0.3 is 0 Å². The second kappa shape index (κ2) is 6.17. The highest BCUT2D eigenvalue weighted by Crippen LogP contribution is 2.21. The van der Waals surface area contributed by atoms with Gasteiger partial charge in [-0.15, -0.1) is 0 Å². The molecule has 1 heterocycles. The van der Waals surface area contributed by atoms with E-state index in [2.05, 4.69) is 5.32 Å². The Morgan fingerprint density at radius 2 is 2.16 bits per heavy atom. The van der Waals surface area contributed by atoms with E-state index in [9.17, 15) is 13.2 Å². The van der Waals surface area contributed by atoms with Crippen molar-refractivity contribution < 1.29 is 22.7 Å². The molecule has 0 radical (unpaired) electrons. The fourth-order valence-corrected chi connectivity index (χ4v) is 2.36. The summed E-state index contributed by atoms with van der Waals surface area (Å²) in [6.45, 7) is 4.31. The summed E-state index contributed by atoms with van der Waals surface area (Å²) >= 11 is 0. The first-order valence-corrected chi connectivity index (χ1v) is 8.18. The Hall–Kier alpha value is -0.700. The van der Waals surface area contributed by atoms with Gasteiger partial charge < -0.3 is 20.5 Å². The maximum Gasteiger partial charge on any atom is 0.237 e. The van der Waals surface area contributed by atoms with E-state index in [-0.39, 0.29) is 24.2 Å². The van der Waals surface area contributed by atoms with E-state index < -0.39 is 21.7 Å². The van der Waals surface area contributed by atoms with Crippen molar-refractivity contribution in [2.75, 3.05) is 25.2 Å². The van der Waals surface area contributed by atoms with Crippen LogP contribution in [0.1, 0.15) is 20.3 Å². The van der Waals surface area contributed by atoms with E-state index in [0.717, 1.165) is 6.26 Å². The highest BCUT2D eigenvalue weighted by molar-refractivity contribution is 7.90. The van der Waals surface area contributed by atoms with Crippen molar-refractivity contribution >= 4 is 15.7 Å². The third-order valence-electron chi connectivity index (χ3n) is 2.71. The SMILES string of the molecule is CC1(C)OCC(CNC(=O)C(N)CCS(C)(=O)=O)O1. The van der Waals surface area contributed by atoms with E-state index in [4.69, 9.17) is 15.2 Å². The van der Waals surface area contributed by atoms with Crippen molar-refractivity contribution in [3.63, 3.8) is 0 Å². The number of hydrogen-bond donors (Lipinski definition) is 2. The van der Waals surface area contributed by atoms with E-state index in [0.29, 0.717) is 13.2 Å². The molecule has 0 aromatic rings. The first kappa shape index (κ1) is 16.4. The fourth-order valence-electron chi connectivity index (χ4n) is 1.68. The largest absolute Gasteiger partial charge is 0.352 e. The quantitative estimate of drug-likeness (QED) is 0.651. The number of sulfone groups is 1. The molecule has 0 aromatic heterocycles. The van der Waals surface area contributed by atoms with Gasteiger partial charge in [0.25, 0.3) is 0 Å². The van der Waals surface area contributed by atoms with Crippen LogP contribution in [-0.2, 0) is 24.1 Å². The predicted octanol–water partition coefficient (Wildman–Crippen LogP) is -0.984. The molecule has 0 spiro atoms. The molecule has 0 aromatic carbocycles. The minimum Gasteiger partial charge on any atom is -0.352 e. The number of amides is 1. The lowest BCUT2D eigenvalue weighted by molar-refractivity contribution is -0.139. The van der Waals surface area contributed by atoms with E-state index in [1.807, 2.05) is 0 Å². The smallest absolute Gasteiger partial charge is 0.237 e. The zero-order valence-electron chi connectivity index (χ0n) is 11.5. The molecule has 1 aliphatic heterocycles. The maximum atomic E-state index is 11.7. The van der Waals surface area contributed by atoms with Crippen LogP contribution in [0.25, 0.3) is 0 Å². The molecule has 0 aliphatic carbocycles. The van der Waals surface area contributed by atoms with Gasteiger partial charge in [0.2, 0.25) is 5.91 Å². The Kier molecular flexibility index (Phi) is 5.31. The van der Waals surface area contributed by atoms with Gasteiger partial charge in [-0.2, -0.15) is 0 Å². The molecule has 1 amide bonds. The second-order valence-corrected chi connectivity index (χ2v) is 7.48. The van der Waals surface area contributed by atoms with E-state index in [1.54, 1.807) is 13.8 Å². The summed E-state index contributed by atoms with van der Waals surface area (Å²) in [5.74, 6) is -1.11. The monoisotopic (exact) mass is 294 g/mol. The number of ether oxygens (including phenoxy) is 2. The number of hydrogen-bond acceptors (Lipinski definition) is 6. The molecule has 8 heteroatoms. The Balaban J connectivity index is 2.28. The van der Waals surface area contributed by atoms with Crippen LogP contribution in [0.3, 0.4) is 0 Å². The molecule has 2 atom stereocenters. The van der Waals surface area contributed by atoms with Crippen LogP contribution in [0, 0.1) is 0 Å². The first-order chi connectivity index (χ1) is 8.59. The molecular formula is C11H22N2O5S.